The zero-order valence-corrected chi connectivity index (χ0v) is 14.5. The van der Waals surface area contributed by atoms with Crippen molar-refractivity contribution >= 4 is 11.9 Å². The third kappa shape index (κ3) is 2.99. The zero-order chi connectivity index (χ0) is 16.8. The molecular weight excluding hydrogens is 288 g/mol. The summed E-state index contributed by atoms with van der Waals surface area (Å²) in [6.45, 7) is 8.91. The van der Waals surface area contributed by atoms with E-state index in [1.807, 2.05) is 31.2 Å². The van der Waals surface area contributed by atoms with E-state index in [4.69, 9.17) is 0 Å². The number of aryl methyl sites for hydroxylation is 1. The number of urea groups is 1. The second kappa shape index (κ2) is 5.36. The summed E-state index contributed by atoms with van der Waals surface area (Å²) in [6.07, 6.45) is 2.56. The van der Waals surface area contributed by atoms with Gasteiger partial charge in [-0.3, -0.25) is 9.69 Å². The van der Waals surface area contributed by atoms with Crippen molar-refractivity contribution < 1.29 is 9.59 Å². The molecule has 2 fully saturated rings. The highest BCUT2D eigenvalue weighted by molar-refractivity contribution is 6.07. The van der Waals surface area contributed by atoms with Crippen LogP contribution in [0.1, 0.15) is 51.2 Å². The molecule has 3 rings (SSSR count). The van der Waals surface area contributed by atoms with Crippen molar-refractivity contribution in [2.45, 2.75) is 59.0 Å². The second-order valence-corrected chi connectivity index (χ2v) is 8.25. The van der Waals surface area contributed by atoms with Crippen molar-refractivity contribution in [1.29, 1.82) is 0 Å². The molecule has 1 spiro atoms. The molecule has 1 saturated carbocycles. The Morgan fingerprint density at radius 2 is 2.00 bits per heavy atom. The van der Waals surface area contributed by atoms with E-state index in [1.165, 1.54) is 4.90 Å². The first-order chi connectivity index (χ1) is 10.7. The van der Waals surface area contributed by atoms with Crippen LogP contribution in [0.2, 0.25) is 0 Å². The number of hydrogen-bond acceptors (Lipinski definition) is 2. The van der Waals surface area contributed by atoms with Gasteiger partial charge in [0.05, 0.1) is 6.54 Å². The summed E-state index contributed by atoms with van der Waals surface area (Å²) in [4.78, 5) is 26.9. The van der Waals surface area contributed by atoms with E-state index in [1.54, 1.807) is 0 Å². The summed E-state index contributed by atoms with van der Waals surface area (Å²) >= 11 is 0. The number of carbonyl (C=O) groups is 2. The van der Waals surface area contributed by atoms with Crippen molar-refractivity contribution in [3.63, 3.8) is 0 Å². The summed E-state index contributed by atoms with van der Waals surface area (Å²) in [5.41, 5.74) is 1.49. The zero-order valence-electron chi connectivity index (χ0n) is 14.5. The second-order valence-electron chi connectivity index (χ2n) is 8.25. The SMILES string of the molecule is Cc1cccc(CN2C(=O)N[C@]3(C[C@H](C)CC(C)(C)C3)C2=O)c1. The molecule has 1 aliphatic carbocycles. The molecule has 0 unspecified atom stereocenters. The van der Waals surface area contributed by atoms with Gasteiger partial charge in [0.25, 0.3) is 5.91 Å². The lowest BCUT2D eigenvalue weighted by Gasteiger charge is -2.43. The van der Waals surface area contributed by atoms with Crippen LogP contribution in [0.25, 0.3) is 0 Å². The van der Waals surface area contributed by atoms with Crippen LogP contribution in [0.5, 0.6) is 0 Å². The fourth-order valence-corrected chi connectivity index (χ4v) is 4.64. The largest absolute Gasteiger partial charge is 0.325 e. The molecule has 1 aliphatic heterocycles. The van der Waals surface area contributed by atoms with E-state index in [0.29, 0.717) is 12.5 Å². The number of benzene rings is 1. The number of hydrogen-bond donors (Lipinski definition) is 1. The minimum atomic E-state index is -0.706. The standard InChI is InChI=1S/C19H26N2O2/c1-13-6-5-7-15(8-13)11-21-16(22)19(20-17(21)23)10-14(2)9-18(3,4)12-19/h5-8,14H,9-12H2,1-4H3,(H,20,23)/t14-,19+/m1/s1. The van der Waals surface area contributed by atoms with Crippen molar-refractivity contribution in [1.82, 2.24) is 10.2 Å². The van der Waals surface area contributed by atoms with Crippen molar-refractivity contribution in [2.24, 2.45) is 11.3 Å². The molecule has 1 aromatic carbocycles. The predicted molar refractivity (Wildman–Crippen MR) is 89.8 cm³/mol. The number of imide groups is 1. The fraction of sp³-hybridized carbons (Fsp3) is 0.579. The van der Waals surface area contributed by atoms with Gasteiger partial charge in [-0.05, 0) is 43.1 Å². The van der Waals surface area contributed by atoms with Gasteiger partial charge >= 0.3 is 6.03 Å². The van der Waals surface area contributed by atoms with Gasteiger partial charge in [-0.2, -0.15) is 0 Å². The molecule has 4 nitrogen and oxygen atoms in total. The molecule has 2 atom stereocenters. The Morgan fingerprint density at radius 1 is 1.26 bits per heavy atom. The van der Waals surface area contributed by atoms with Crippen molar-refractivity contribution in [3.8, 4) is 0 Å². The molecule has 1 N–H and O–H groups in total. The number of amides is 3. The predicted octanol–water partition coefficient (Wildman–Crippen LogP) is 3.63. The third-order valence-corrected chi connectivity index (χ3v) is 5.05. The molecule has 1 saturated heterocycles. The lowest BCUT2D eigenvalue weighted by atomic mass is 9.64. The Labute approximate surface area is 138 Å². The quantitative estimate of drug-likeness (QED) is 0.847. The Hall–Kier alpha value is -1.84. The topological polar surface area (TPSA) is 49.4 Å². The maximum atomic E-state index is 13.1. The highest BCUT2D eigenvalue weighted by Gasteiger charge is 2.55. The molecule has 1 heterocycles. The summed E-state index contributed by atoms with van der Waals surface area (Å²) in [7, 11) is 0. The fourth-order valence-electron chi connectivity index (χ4n) is 4.64. The normalized spacial score (nSPS) is 29.9. The molecular formula is C19H26N2O2. The molecule has 2 aliphatic rings. The Kier molecular flexibility index (Phi) is 3.74. The van der Waals surface area contributed by atoms with Gasteiger partial charge in [0, 0.05) is 0 Å². The smallest absolute Gasteiger partial charge is 0.323 e. The van der Waals surface area contributed by atoms with E-state index >= 15 is 0 Å². The number of carbonyl (C=O) groups excluding carboxylic acids is 2. The average molecular weight is 314 g/mol. The minimum absolute atomic E-state index is 0.0522. The summed E-state index contributed by atoms with van der Waals surface area (Å²) in [5, 5.41) is 3.03. The number of nitrogens with zero attached hydrogens (tertiary/aromatic N) is 1. The Bertz CT molecular complexity index is 653. The Morgan fingerprint density at radius 3 is 2.65 bits per heavy atom. The highest BCUT2D eigenvalue weighted by atomic mass is 16.2. The third-order valence-electron chi connectivity index (χ3n) is 5.05. The van der Waals surface area contributed by atoms with Crippen LogP contribution >= 0.6 is 0 Å². The molecule has 23 heavy (non-hydrogen) atoms. The maximum Gasteiger partial charge on any atom is 0.325 e. The first-order valence-corrected chi connectivity index (χ1v) is 8.40. The van der Waals surface area contributed by atoms with Gasteiger partial charge in [0.1, 0.15) is 5.54 Å². The molecule has 0 radical (unpaired) electrons. The van der Waals surface area contributed by atoms with Gasteiger partial charge in [0.15, 0.2) is 0 Å². The van der Waals surface area contributed by atoms with E-state index in [9.17, 15) is 9.59 Å². The first-order valence-electron chi connectivity index (χ1n) is 8.40. The van der Waals surface area contributed by atoms with Crippen LogP contribution in [0.4, 0.5) is 4.79 Å². The number of nitrogens with one attached hydrogen (secondary N) is 1. The van der Waals surface area contributed by atoms with Crippen molar-refractivity contribution in [3.05, 3.63) is 35.4 Å². The average Bonchev–Trinajstić information content (AvgIpc) is 2.60. The minimum Gasteiger partial charge on any atom is -0.323 e. The van der Waals surface area contributed by atoms with Crippen LogP contribution in [-0.2, 0) is 11.3 Å². The molecule has 0 bridgehead atoms. The Balaban J connectivity index is 1.85. The van der Waals surface area contributed by atoms with Crippen molar-refractivity contribution in [2.75, 3.05) is 0 Å². The van der Waals surface area contributed by atoms with E-state index in [0.717, 1.165) is 30.4 Å². The van der Waals surface area contributed by atoms with Crippen LogP contribution in [0.3, 0.4) is 0 Å². The summed E-state index contributed by atoms with van der Waals surface area (Å²) < 4.78 is 0. The van der Waals surface area contributed by atoms with Gasteiger partial charge in [-0.1, -0.05) is 50.6 Å². The van der Waals surface area contributed by atoms with Crippen LogP contribution in [0, 0.1) is 18.3 Å². The number of rotatable bonds is 2. The van der Waals surface area contributed by atoms with Gasteiger partial charge in [0.2, 0.25) is 0 Å². The maximum absolute atomic E-state index is 13.1. The van der Waals surface area contributed by atoms with Crippen LogP contribution in [0.15, 0.2) is 24.3 Å². The van der Waals surface area contributed by atoms with Gasteiger partial charge in [-0.15, -0.1) is 0 Å². The van der Waals surface area contributed by atoms with E-state index in [-0.39, 0.29) is 17.4 Å². The van der Waals surface area contributed by atoms with Gasteiger partial charge in [-0.25, -0.2) is 4.79 Å². The summed E-state index contributed by atoms with van der Waals surface area (Å²) in [6, 6.07) is 7.72. The molecule has 4 heteroatoms. The molecule has 0 aromatic heterocycles. The lowest BCUT2D eigenvalue weighted by molar-refractivity contribution is -0.135. The van der Waals surface area contributed by atoms with E-state index < -0.39 is 5.54 Å². The summed E-state index contributed by atoms with van der Waals surface area (Å²) in [5.74, 6) is 0.380. The monoisotopic (exact) mass is 314 g/mol. The molecule has 124 valence electrons. The molecule has 3 amide bonds. The van der Waals surface area contributed by atoms with Crippen LogP contribution in [-0.4, -0.2) is 22.4 Å². The lowest BCUT2D eigenvalue weighted by Crippen LogP contribution is -2.54. The first kappa shape index (κ1) is 16.0. The molecule has 1 aromatic rings. The van der Waals surface area contributed by atoms with Gasteiger partial charge < -0.3 is 5.32 Å². The van der Waals surface area contributed by atoms with Crippen LogP contribution < -0.4 is 5.32 Å². The highest BCUT2D eigenvalue weighted by Crippen LogP contribution is 2.46. The van der Waals surface area contributed by atoms with E-state index in [2.05, 4.69) is 26.1 Å².